The highest BCUT2D eigenvalue weighted by molar-refractivity contribution is 7.07. The summed E-state index contributed by atoms with van der Waals surface area (Å²) in [5.74, 6) is -0.690. The Kier molecular flexibility index (Phi) is 3.54. The summed E-state index contributed by atoms with van der Waals surface area (Å²) >= 11 is 1.66. The van der Waals surface area contributed by atoms with Gasteiger partial charge in [0.1, 0.15) is 6.04 Å². The van der Waals surface area contributed by atoms with Crippen LogP contribution in [-0.2, 0) is 11.3 Å². The molecular formula is C13H19NO2S. The second kappa shape index (κ2) is 4.78. The first kappa shape index (κ1) is 12.6. The minimum Gasteiger partial charge on any atom is -0.480 e. The van der Waals surface area contributed by atoms with Gasteiger partial charge in [0.2, 0.25) is 0 Å². The van der Waals surface area contributed by atoms with E-state index in [-0.39, 0.29) is 11.5 Å². The van der Waals surface area contributed by atoms with E-state index in [0.29, 0.717) is 0 Å². The van der Waals surface area contributed by atoms with Crippen molar-refractivity contribution in [3.8, 4) is 0 Å². The van der Waals surface area contributed by atoms with Gasteiger partial charge in [0.25, 0.3) is 0 Å². The molecule has 0 spiro atoms. The zero-order valence-corrected chi connectivity index (χ0v) is 11.2. The lowest BCUT2D eigenvalue weighted by molar-refractivity contribution is -0.151. The van der Waals surface area contributed by atoms with Crippen LogP contribution in [0.15, 0.2) is 16.8 Å². The standard InChI is InChI=1S/C13H19NO2S/c1-13(2)5-3-6-14(11(13)12(15)16)8-10-4-7-17-9-10/h4,7,9,11H,3,5-6,8H2,1-2H3,(H,15,16). The molecule has 0 amide bonds. The lowest BCUT2D eigenvalue weighted by atomic mass is 9.76. The maximum atomic E-state index is 11.5. The van der Waals surface area contributed by atoms with Crippen molar-refractivity contribution in [1.82, 2.24) is 4.90 Å². The topological polar surface area (TPSA) is 40.5 Å². The maximum absolute atomic E-state index is 11.5. The van der Waals surface area contributed by atoms with Crippen LogP contribution >= 0.6 is 11.3 Å². The van der Waals surface area contributed by atoms with Gasteiger partial charge in [-0.05, 0) is 47.2 Å². The van der Waals surface area contributed by atoms with E-state index in [2.05, 4.69) is 30.2 Å². The lowest BCUT2D eigenvalue weighted by Gasteiger charge is -2.44. The van der Waals surface area contributed by atoms with Crippen molar-refractivity contribution in [1.29, 1.82) is 0 Å². The molecule has 1 atom stereocenters. The van der Waals surface area contributed by atoms with Crippen LogP contribution in [0, 0.1) is 5.41 Å². The van der Waals surface area contributed by atoms with Crippen molar-refractivity contribution in [3.05, 3.63) is 22.4 Å². The Morgan fingerprint density at radius 2 is 2.41 bits per heavy atom. The van der Waals surface area contributed by atoms with Crippen molar-refractivity contribution in [2.75, 3.05) is 6.54 Å². The number of hydrogen-bond donors (Lipinski definition) is 1. The minimum absolute atomic E-state index is 0.139. The number of piperidine rings is 1. The Morgan fingerprint density at radius 1 is 1.65 bits per heavy atom. The van der Waals surface area contributed by atoms with Crippen LogP contribution in [0.2, 0.25) is 0 Å². The number of carbonyl (C=O) groups is 1. The summed E-state index contributed by atoms with van der Waals surface area (Å²) in [4.78, 5) is 13.6. The second-order valence-electron chi connectivity index (χ2n) is 5.43. The van der Waals surface area contributed by atoms with Gasteiger partial charge in [-0.25, -0.2) is 0 Å². The molecule has 1 unspecified atom stereocenters. The number of carboxylic acids is 1. The molecular weight excluding hydrogens is 234 g/mol. The van der Waals surface area contributed by atoms with Gasteiger partial charge in [-0.3, -0.25) is 9.69 Å². The molecule has 0 bridgehead atoms. The Balaban J connectivity index is 2.16. The maximum Gasteiger partial charge on any atom is 0.321 e. The fourth-order valence-corrected chi connectivity index (χ4v) is 3.44. The molecule has 1 aromatic rings. The summed E-state index contributed by atoms with van der Waals surface area (Å²) in [7, 11) is 0. The Morgan fingerprint density at radius 3 is 3.00 bits per heavy atom. The van der Waals surface area contributed by atoms with Gasteiger partial charge in [-0.1, -0.05) is 13.8 Å². The largest absolute Gasteiger partial charge is 0.480 e. The number of rotatable bonds is 3. The van der Waals surface area contributed by atoms with E-state index in [1.165, 1.54) is 5.56 Å². The highest BCUT2D eigenvalue weighted by atomic mass is 32.1. The minimum atomic E-state index is -0.690. The number of carboxylic acid groups (broad SMARTS) is 1. The molecule has 1 aromatic heterocycles. The molecule has 4 heteroatoms. The van der Waals surface area contributed by atoms with Gasteiger partial charge in [0.15, 0.2) is 0 Å². The quantitative estimate of drug-likeness (QED) is 0.900. The van der Waals surface area contributed by atoms with Gasteiger partial charge in [-0.15, -0.1) is 0 Å². The third kappa shape index (κ3) is 2.69. The number of aliphatic carboxylic acids is 1. The van der Waals surface area contributed by atoms with Crippen LogP contribution in [0.1, 0.15) is 32.3 Å². The fourth-order valence-electron chi connectivity index (χ4n) is 2.78. The number of likely N-dealkylation sites (tertiary alicyclic amines) is 1. The average molecular weight is 253 g/mol. The van der Waals surface area contributed by atoms with Crippen LogP contribution in [0.5, 0.6) is 0 Å². The van der Waals surface area contributed by atoms with E-state index < -0.39 is 5.97 Å². The predicted molar refractivity (Wildman–Crippen MR) is 69.2 cm³/mol. The summed E-state index contributed by atoms with van der Waals surface area (Å²) in [5.41, 5.74) is 1.08. The Hall–Kier alpha value is -0.870. The molecule has 1 fully saturated rings. The predicted octanol–water partition coefficient (Wildman–Crippen LogP) is 2.82. The summed E-state index contributed by atoms with van der Waals surface area (Å²) in [6, 6.07) is 1.71. The van der Waals surface area contributed by atoms with Gasteiger partial charge < -0.3 is 5.11 Å². The zero-order chi connectivity index (χ0) is 12.5. The number of nitrogens with zero attached hydrogens (tertiary/aromatic N) is 1. The molecule has 0 aliphatic carbocycles. The van der Waals surface area contributed by atoms with Gasteiger partial charge in [0.05, 0.1) is 0 Å². The molecule has 2 heterocycles. The average Bonchev–Trinajstić information content (AvgIpc) is 2.68. The molecule has 1 N–H and O–H groups in total. The van der Waals surface area contributed by atoms with E-state index in [1.54, 1.807) is 11.3 Å². The van der Waals surface area contributed by atoms with Crippen LogP contribution in [-0.4, -0.2) is 28.6 Å². The van der Waals surface area contributed by atoms with Crippen molar-refractivity contribution in [2.45, 2.75) is 39.3 Å². The Bertz CT molecular complexity index is 386. The summed E-state index contributed by atoms with van der Waals surface area (Å²) in [6.45, 7) is 5.76. The lowest BCUT2D eigenvalue weighted by Crippen LogP contribution is -2.53. The summed E-state index contributed by atoms with van der Waals surface area (Å²) in [5, 5.41) is 13.6. The molecule has 0 radical (unpaired) electrons. The van der Waals surface area contributed by atoms with Crippen molar-refractivity contribution in [3.63, 3.8) is 0 Å². The van der Waals surface area contributed by atoms with E-state index in [4.69, 9.17) is 0 Å². The SMILES string of the molecule is CC1(C)CCCN(Cc2ccsc2)C1C(=O)O. The van der Waals surface area contributed by atoms with Crippen LogP contribution in [0.25, 0.3) is 0 Å². The molecule has 1 aliphatic rings. The summed E-state index contributed by atoms with van der Waals surface area (Å²) in [6.07, 6.45) is 2.07. The highest BCUT2D eigenvalue weighted by Crippen LogP contribution is 2.36. The van der Waals surface area contributed by atoms with Gasteiger partial charge in [-0.2, -0.15) is 11.3 Å². The van der Waals surface area contributed by atoms with Crippen molar-refractivity contribution in [2.24, 2.45) is 5.41 Å². The number of hydrogen-bond acceptors (Lipinski definition) is 3. The molecule has 3 nitrogen and oxygen atoms in total. The van der Waals surface area contributed by atoms with Gasteiger partial charge in [0, 0.05) is 6.54 Å². The molecule has 17 heavy (non-hydrogen) atoms. The number of thiophene rings is 1. The fraction of sp³-hybridized carbons (Fsp3) is 0.615. The van der Waals surface area contributed by atoms with Crippen LogP contribution in [0.3, 0.4) is 0 Å². The second-order valence-corrected chi connectivity index (χ2v) is 6.22. The van der Waals surface area contributed by atoms with Crippen molar-refractivity contribution >= 4 is 17.3 Å². The van der Waals surface area contributed by atoms with E-state index in [0.717, 1.165) is 25.9 Å². The van der Waals surface area contributed by atoms with Crippen LogP contribution < -0.4 is 0 Å². The molecule has 0 saturated carbocycles. The third-order valence-electron chi connectivity index (χ3n) is 3.57. The molecule has 94 valence electrons. The highest BCUT2D eigenvalue weighted by Gasteiger charge is 2.42. The normalized spacial score (nSPS) is 24.7. The molecule has 0 aromatic carbocycles. The molecule has 2 rings (SSSR count). The smallest absolute Gasteiger partial charge is 0.321 e. The molecule has 1 saturated heterocycles. The van der Waals surface area contributed by atoms with Crippen LogP contribution in [0.4, 0.5) is 0 Å². The zero-order valence-electron chi connectivity index (χ0n) is 10.3. The Labute approximate surface area is 106 Å². The molecule has 1 aliphatic heterocycles. The first-order valence-electron chi connectivity index (χ1n) is 5.98. The first-order valence-corrected chi connectivity index (χ1v) is 6.93. The summed E-state index contributed by atoms with van der Waals surface area (Å²) < 4.78 is 0. The van der Waals surface area contributed by atoms with Gasteiger partial charge >= 0.3 is 5.97 Å². The van der Waals surface area contributed by atoms with E-state index >= 15 is 0 Å². The third-order valence-corrected chi connectivity index (χ3v) is 4.30. The van der Waals surface area contributed by atoms with Crippen molar-refractivity contribution < 1.29 is 9.90 Å². The van der Waals surface area contributed by atoms with E-state index in [1.807, 2.05) is 5.38 Å². The van der Waals surface area contributed by atoms with E-state index in [9.17, 15) is 9.90 Å². The first-order chi connectivity index (χ1) is 8.00. The monoisotopic (exact) mass is 253 g/mol.